The zero-order chi connectivity index (χ0) is 64.1. The van der Waals surface area contributed by atoms with E-state index in [1.54, 1.807) is 48.5 Å². The van der Waals surface area contributed by atoms with Crippen LogP contribution >= 0.6 is 0 Å². The van der Waals surface area contributed by atoms with Gasteiger partial charge in [-0.25, -0.2) is 58.3 Å². The first-order valence-electron chi connectivity index (χ1n) is 29.0. The lowest BCUT2D eigenvalue weighted by Crippen LogP contribution is -2.30. The zero-order valence-corrected chi connectivity index (χ0v) is 54.8. The van der Waals surface area contributed by atoms with E-state index in [2.05, 4.69) is 89.5 Å². The van der Waals surface area contributed by atoms with Crippen molar-refractivity contribution in [1.82, 2.24) is 0 Å². The van der Waals surface area contributed by atoms with Crippen LogP contribution < -0.4 is 20.7 Å². The summed E-state index contributed by atoms with van der Waals surface area (Å²) in [5.74, 6) is -6.08. The summed E-state index contributed by atoms with van der Waals surface area (Å²) in [6.45, 7) is 14.2. The molecule has 0 aromatic heterocycles. The summed E-state index contributed by atoms with van der Waals surface area (Å²) in [6, 6.07) is 26.3. The first-order valence-corrected chi connectivity index (χ1v) is 33.0. The third-order valence-corrected chi connectivity index (χ3v) is 18.7. The van der Waals surface area contributed by atoms with Gasteiger partial charge in [-0.3, -0.25) is 0 Å². The summed E-state index contributed by atoms with van der Waals surface area (Å²) < 4.78 is 21.1. The van der Waals surface area contributed by atoms with Crippen LogP contribution in [0, 0.1) is 11.8 Å². The summed E-state index contributed by atoms with van der Waals surface area (Å²) in [5.41, 5.74) is 0.330. The van der Waals surface area contributed by atoms with Crippen molar-refractivity contribution in [2.75, 3.05) is 26.4 Å². The molecule has 88 heavy (non-hydrogen) atoms. The molecule has 0 saturated heterocycles. The summed E-state index contributed by atoms with van der Waals surface area (Å²) in [5, 5.41) is 8.98. The molecule has 0 aliphatic carbocycles. The van der Waals surface area contributed by atoms with Crippen LogP contribution in [0.15, 0.2) is 142 Å². The van der Waals surface area contributed by atoms with Crippen LogP contribution in [-0.4, -0.2) is 113 Å². The predicted octanol–water partition coefficient (Wildman–Crippen LogP) is 10.8. The molecule has 466 valence electrons. The second-order valence-corrected chi connectivity index (χ2v) is 24.9. The number of carbonyl (C=O) groups excluding carboxylic acids is 8. The normalized spacial score (nSPS) is 12.3. The Labute approximate surface area is 523 Å². The van der Waals surface area contributed by atoms with Gasteiger partial charge in [0.2, 0.25) is 0 Å². The minimum absolute atomic E-state index is 0.0725. The molecule has 0 spiro atoms. The van der Waals surface area contributed by atoms with Gasteiger partial charge in [-0.05, 0) is 113 Å². The van der Waals surface area contributed by atoms with E-state index in [0.717, 1.165) is 72.1 Å². The highest BCUT2D eigenvalue weighted by Crippen LogP contribution is 2.23. The van der Waals surface area contributed by atoms with Gasteiger partial charge < -0.3 is 18.9 Å². The van der Waals surface area contributed by atoms with Crippen LogP contribution in [0.5, 0.6) is 0 Å². The average Bonchev–Trinajstić information content (AvgIpc) is 3.74. The fourth-order valence-corrected chi connectivity index (χ4v) is 12.8. The van der Waals surface area contributed by atoms with Crippen molar-refractivity contribution in [3.05, 3.63) is 164 Å². The van der Waals surface area contributed by atoms with E-state index >= 15 is 0 Å². The van der Waals surface area contributed by atoms with Crippen LogP contribution in [0.1, 0.15) is 161 Å². The molecule has 0 heterocycles. The third-order valence-electron chi connectivity index (χ3n) is 12.7. The Kier molecular flexibility index (Phi) is 33.6. The maximum absolute atomic E-state index is 13.0. The van der Waals surface area contributed by atoms with Gasteiger partial charge in [0.15, 0.2) is 0 Å². The number of hydrogen-bond donors (Lipinski definition) is 0. The molecular formula is C64H74O20Si4. The van der Waals surface area contributed by atoms with Crippen molar-refractivity contribution in [2.24, 2.45) is 11.8 Å². The Bertz CT molecular complexity index is 2810. The SMILES string of the molecule is CC/C=C(\CC)[Si]c1ccc(C(=O)OOC(=O)OCCC(COC(=O)OOC(=O)c2ccc([Si]/C(=C/CC)CC)cc2)C(CCOC(=O)OOC(=O)c2ccc([Si]/C(=C/CC)CC)cc2)COC(=O)OOC(=O)c2ccc([Si]/C(=C/CC)CC)cc2)cc1. The van der Waals surface area contributed by atoms with Crippen LogP contribution in [0.4, 0.5) is 19.2 Å². The van der Waals surface area contributed by atoms with Gasteiger partial charge in [-0.2, -0.15) is 19.2 Å². The molecule has 0 fully saturated rings. The van der Waals surface area contributed by atoms with Gasteiger partial charge in [-0.15, -0.1) is 0 Å². The molecule has 2 unspecified atom stereocenters. The molecule has 4 aromatic rings. The molecule has 0 amide bonds. The monoisotopic (exact) mass is 1270 g/mol. The van der Waals surface area contributed by atoms with Crippen molar-refractivity contribution in [3.8, 4) is 0 Å². The Morgan fingerprint density at radius 2 is 0.534 bits per heavy atom. The van der Waals surface area contributed by atoms with Gasteiger partial charge >= 0.3 is 48.5 Å². The lowest BCUT2D eigenvalue weighted by molar-refractivity contribution is -0.208. The number of benzene rings is 4. The summed E-state index contributed by atoms with van der Waals surface area (Å²) in [6.07, 6.45) is 9.35. The van der Waals surface area contributed by atoms with E-state index in [4.69, 9.17) is 48.3 Å². The van der Waals surface area contributed by atoms with Crippen molar-refractivity contribution >= 4 is 107 Å². The van der Waals surface area contributed by atoms with E-state index in [1.807, 2.05) is 0 Å². The van der Waals surface area contributed by atoms with E-state index in [1.165, 1.54) is 69.3 Å². The number of rotatable bonds is 31. The molecule has 4 aromatic carbocycles. The van der Waals surface area contributed by atoms with Gasteiger partial charge in [0.25, 0.3) is 0 Å². The lowest BCUT2D eigenvalue weighted by atomic mass is 9.88. The number of carbonyl (C=O) groups is 8. The Morgan fingerprint density at radius 3 is 0.739 bits per heavy atom. The van der Waals surface area contributed by atoms with E-state index in [-0.39, 0.29) is 35.1 Å². The molecule has 0 aliphatic heterocycles. The number of allylic oxidation sites excluding steroid dienone is 8. The fraction of sp³-hybridized carbons (Fsp3) is 0.375. The molecule has 0 saturated carbocycles. The highest BCUT2D eigenvalue weighted by atomic mass is 28.2. The highest BCUT2D eigenvalue weighted by Gasteiger charge is 2.29. The maximum atomic E-state index is 13.0. The molecule has 8 radical (unpaired) electrons. The standard InChI is InChI=1S/C64H74O20Si4/c1-9-17-49(13-5)85-53-29-21-43(22-30-53)57(65)77-81-61(69)73-39-37-47(41-75-63(71)83-79-59(67)45-25-33-55(34-26-45)87-51(15-7)19-11-3)48(42-76-64(72)84-80-60(68)46-27-35-56(36-28-46)88-52(16-8)20-12-4)38-40-74-62(70)82-78-58(66)44-23-31-54(32-24-44)86-50(14-6)18-10-2/h17-36,47-48H,9-16,37-42H2,1-8H3/b49-17+,50-18+,51-19+,52-20+. The lowest BCUT2D eigenvalue weighted by Gasteiger charge is -2.25. The molecule has 24 heteroatoms. The van der Waals surface area contributed by atoms with Crippen molar-refractivity contribution in [3.63, 3.8) is 0 Å². The second-order valence-electron chi connectivity index (χ2n) is 19.0. The second kappa shape index (κ2) is 40.9. The van der Waals surface area contributed by atoms with Gasteiger partial charge in [0, 0.05) is 11.8 Å². The molecular weight excluding hydrogens is 1200 g/mol. The number of hydrogen-bond acceptors (Lipinski definition) is 20. The van der Waals surface area contributed by atoms with E-state index < -0.39 is 86.8 Å². The van der Waals surface area contributed by atoms with Crippen molar-refractivity contribution in [1.29, 1.82) is 0 Å². The first-order chi connectivity index (χ1) is 42.5. The van der Waals surface area contributed by atoms with Gasteiger partial charge in [0.1, 0.15) is 38.1 Å². The van der Waals surface area contributed by atoms with Crippen LogP contribution in [0.3, 0.4) is 0 Å². The highest BCUT2D eigenvalue weighted by molar-refractivity contribution is 6.62. The van der Waals surface area contributed by atoms with Crippen molar-refractivity contribution < 1.29 is 96.4 Å². The molecule has 0 aliphatic rings. The fourth-order valence-electron chi connectivity index (χ4n) is 8.04. The zero-order valence-electron chi connectivity index (χ0n) is 50.8. The molecule has 0 N–H and O–H groups in total. The van der Waals surface area contributed by atoms with Crippen molar-refractivity contribution in [2.45, 2.75) is 120 Å². The summed E-state index contributed by atoms with van der Waals surface area (Å²) >= 11 is 0. The minimum atomic E-state index is -1.49. The van der Waals surface area contributed by atoms with Gasteiger partial charge in [-0.1, -0.05) is 170 Å². The van der Waals surface area contributed by atoms with Crippen LogP contribution in [0.2, 0.25) is 0 Å². The Hall–Kier alpha value is -8.33. The quantitative estimate of drug-likeness (QED) is 0.0149. The van der Waals surface area contributed by atoms with Crippen LogP contribution in [-0.2, 0) is 58.0 Å². The van der Waals surface area contributed by atoms with E-state index in [0.29, 0.717) is 38.1 Å². The third kappa shape index (κ3) is 27.2. The largest absolute Gasteiger partial charge is 0.549 e. The molecule has 20 nitrogen and oxygen atoms in total. The molecule has 4 rings (SSSR count). The topological polar surface area (TPSA) is 247 Å². The molecule has 0 bridgehead atoms. The summed E-state index contributed by atoms with van der Waals surface area (Å²) in [4.78, 5) is 141. The summed E-state index contributed by atoms with van der Waals surface area (Å²) in [7, 11) is 1.61. The smallest absolute Gasteiger partial charge is 0.432 e. The first kappa shape index (κ1) is 72.1. The average molecular weight is 1280 g/mol. The van der Waals surface area contributed by atoms with Crippen LogP contribution in [0.25, 0.3) is 0 Å². The maximum Gasteiger partial charge on any atom is 0.549 e. The molecule has 2 atom stereocenters. The van der Waals surface area contributed by atoms with Gasteiger partial charge in [0.05, 0.1) is 48.7 Å². The Balaban J connectivity index is 1.48. The van der Waals surface area contributed by atoms with E-state index in [9.17, 15) is 38.4 Å². The Morgan fingerprint density at radius 1 is 0.318 bits per heavy atom. The number of ether oxygens (including phenoxy) is 4. The minimum Gasteiger partial charge on any atom is -0.432 e. The predicted molar refractivity (Wildman–Crippen MR) is 330 cm³/mol.